The largest absolute Gasteiger partial charge is 0.297 e. The van der Waals surface area contributed by atoms with Crippen molar-refractivity contribution in [2.24, 2.45) is 0 Å². The second-order valence-electron chi connectivity index (χ2n) is 10.3. The van der Waals surface area contributed by atoms with Crippen molar-refractivity contribution in [3.63, 3.8) is 0 Å². The smallest absolute Gasteiger partial charge is 0.289 e. The van der Waals surface area contributed by atoms with E-state index in [1.165, 1.54) is 30.3 Å². The highest BCUT2D eigenvalue weighted by atomic mass is 79.9. The molecule has 0 amide bonds. The van der Waals surface area contributed by atoms with Crippen molar-refractivity contribution < 1.29 is 38.9 Å². The molecule has 1 aromatic heterocycles. The molecule has 0 unspecified atom stereocenters. The summed E-state index contributed by atoms with van der Waals surface area (Å²) in [6, 6.07) is 11.0. The average Bonchev–Trinajstić information content (AvgIpc) is 2.98. The van der Waals surface area contributed by atoms with Crippen LogP contribution in [0.3, 0.4) is 0 Å². The number of hydrogen-bond acceptors (Lipinski definition) is 12. The van der Waals surface area contributed by atoms with Crippen molar-refractivity contribution in [1.82, 2.24) is 9.97 Å². The van der Waals surface area contributed by atoms with E-state index in [1.54, 1.807) is 12.1 Å². The Balaban J connectivity index is 1.77. The summed E-state index contributed by atoms with van der Waals surface area (Å²) < 4.78 is 103. The summed E-state index contributed by atoms with van der Waals surface area (Å²) in [4.78, 5) is 57.6. The molecule has 0 spiro atoms. The zero-order chi connectivity index (χ0) is 34.1. The molecule has 3 N–H and O–H groups in total. The maximum absolute atomic E-state index is 14.1. The Hall–Kier alpha value is -4.63. The van der Waals surface area contributed by atoms with Crippen LogP contribution < -0.4 is 21.7 Å². The Bertz CT molecular complexity index is 3250. The molecule has 0 atom stereocenters. The molecular formula is C28H11BrN2O13S3. The first-order chi connectivity index (χ1) is 21.8. The normalized spacial score (nSPS) is 13.1. The lowest BCUT2D eigenvalue weighted by atomic mass is 9.99. The lowest BCUT2D eigenvalue weighted by molar-refractivity contribution is 0.456. The third-order valence-electron chi connectivity index (χ3n) is 7.67. The van der Waals surface area contributed by atoms with Gasteiger partial charge in [0.15, 0.2) is 21.7 Å². The van der Waals surface area contributed by atoms with Crippen LogP contribution in [0.1, 0.15) is 0 Å². The van der Waals surface area contributed by atoms with Gasteiger partial charge in [-0.25, -0.2) is 9.97 Å². The van der Waals surface area contributed by atoms with Gasteiger partial charge in [0.25, 0.3) is 30.4 Å². The van der Waals surface area contributed by atoms with Crippen LogP contribution in [0.4, 0.5) is 0 Å². The molecule has 47 heavy (non-hydrogen) atoms. The maximum atomic E-state index is 14.1. The lowest BCUT2D eigenvalue weighted by Crippen LogP contribution is -2.23. The number of hydrogen-bond donors (Lipinski definition) is 3. The zero-order valence-corrected chi connectivity index (χ0v) is 26.6. The van der Waals surface area contributed by atoms with E-state index in [0.29, 0.717) is 0 Å². The fourth-order valence-electron chi connectivity index (χ4n) is 5.86. The first-order valence-electron chi connectivity index (χ1n) is 12.7. The Kier molecular flexibility index (Phi) is 6.40. The Morgan fingerprint density at radius 1 is 0.468 bits per heavy atom. The van der Waals surface area contributed by atoms with Gasteiger partial charge in [0, 0.05) is 21.5 Å². The number of fused-ring (bicyclic) bond motifs is 8. The van der Waals surface area contributed by atoms with Gasteiger partial charge in [0.05, 0.1) is 37.1 Å². The van der Waals surface area contributed by atoms with Crippen molar-refractivity contribution in [1.29, 1.82) is 0 Å². The minimum atomic E-state index is -5.98. The predicted molar refractivity (Wildman–Crippen MR) is 172 cm³/mol. The number of aromatic nitrogens is 2. The van der Waals surface area contributed by atoms with E-state index in [4.69, 9.17) is 0 Å². The predicted octanol–water partition coefficient (Wildman–Crippen LogP) is 2.21. The molecule has 0 saturated carbocycles. The van der Waals surface area contributed by atoms with E-state index in [9.17, 15) is 58.1 Å². The van der Waals surface area contributed by atoms with E-state index < -0.39 is 92.8 Å². The van der Waals surface area contributed by atoms with Gasteiger partial charge < -0.3 is 0 Å². The van der Waals surface area contributed by atoms with Crippen molar-refractivity contribution in [3.8, 4) is 0 Å². The number of nitrogens with zero attached hydrogens (tertiary/aromatic N) is 2. The van der Waals surface area contributed by atoms with Gasteiger partial charge in [-0.3, -0.25) is 32.8 Å². The van der Waals surface area contributed by atoms with Crippen LogP contribution in [0.2, 0.25) is 0 Å². The summed E-state index contributed by atoms with van der Waals surface area (Å²) in [7, 11) is -17.7. The molecule has 7 rings (SSSR count). The van der Waals surface area contributed by atoms with Crippen LogP contribution in [-0.4, -0.2) is 48.9 Å². The molecule has 0 fully saturated rings. The second-order valence-corrected chi connectivity index (χ2v) is 15.1. The molecular weight excluding hydrogens is 748 g/mol. The Morgan fingerprint density at radius 3 is 1.38 bits per heavy atom. The standard InChI is InChI=1S/C28H11BrN2O13S3/c29-19-17-18(26(45(36,37)38)28(47(42,43)44)27(19)46(39,40)41)25(35)16-12(24(17)34)6-8-14-21(16)31-13-7-5-11-15(20(13)30-14)23(33)10-4-2-1-3-9(10)22(11)32/h1-8H,(H,36,37,38)(H,39,40,41)(H,42,43,44). The molecule has 15 nitrogen and oxygen atoms in total. The van der Waals surface area contributed by atoms with Gasteiger partial charge in [-0.1, -0.05) is 24.3 Å². The summed E-state index contributed by atoms with van der Waals surface area (Å²) in [5.74, 6) is 0. The van der Waals surface area contributed by atoms with Crippen molar-refractivity contribution in [2.45, 2.75) is 14.7 Å². The number of benzene rings is 6. The summed E-state index contributed by atoms with van der Waals surface area (Å²) in [5, 5.41) is -3.33. The third kappa shape index (κ3) is 4.28. The molecule has 236 valence electrons. The molecule has 0 bridgehead atoms. The van der Waals surface area contributed by atoms with Gasteiger partial charge in [0.2, 0.25) is 0 Å². The van der Waals surface area contributed by atoms with Crippen LogP contribution in [0.5, 0.6) is 0 Å². The first kappa shape index (κ1) is 31.0. The molecule has 19 heteroatoms. The van der Waals surface area contributed by atoms with E-state index >= 15 is 0 Å². The van der Waals surface area contributed by atoms with Crippen molar-refractivity contribution >= 4 is 111 Å². The Labute approximate surface area is 267 Å². The first-order valence-corrected chi connectivity index (χ1v) is 17.8. The molecule has 6 aromatic carbocycles. The SMILES string of the molecule is O=c1c2ccccc2c(=O)c2c1ccc1nc3c(ccc4c(=O)c5c(Br)c(S(=O)(=O)O)c(S(=O)(=O)O)c(S(=O)(=O)O)c5c(=O)c43)nc12. The summed E-state index contributed by atoms with van der Waals surface area (Å²) in [6.07, 6.45) is 0. The zero-order valence-electron chi connectivity index (χ0n) is 22.5. The lowest BCUT2D eigenvalue weighted by Gasteiger charge is -2.15. The highest BCUT2D eigenvalue weighted by Gasteiger charge is 2.39. The minimum absolute atomic E-state index is 0.0306. The highest BCUT2D eigenvalue weighted by molar-refractivity contribution is 9.10. The van der Waals surface area contributed by atoms with E-state index in [1.807, 2.05) is 0 Å². The molecule has 0 aliphatic carbocycles. The third-order valence-corrected chi connectivity index (χ3v) is 11.8. The van der Waals surface area contributed by atoms with E-state index in [2.05, 4.69) is 25.9 Å². The van der Waals surface area contributed by atoms with Gasteiger partial charge in [-0.2, -0.15) is 25.3 Å². The second kappa shape index (κ2) is 9.70. The molecule has 0 aliphatic rings. The quantitative estimate of drug-likeness (QED) is 0.133. The maximum Gasteiger partial charge on any atom is 0.297 e. The van der Waals surface area contributed by atoms with Crippen LogP contribution in [0.25, 0.3) is 65.2 Å². The van der Waals surface area contributed by atoms with Crippen molar-refractivity contribution in [3.05, 3.63) is 93.9 Å². The van der Waals surface area contributed by atoms with Gasteiger partial charge in [-0.05, 0) is 40.2 Å². The van der Waals surface area contributed by atoms with E-state index in [0.717, 1.165) is 6.07 Å². The van der Waals surface area contributed by atoms with Gasteiger partial charge in [-0.15, -0.1) is 0 Å². The highest BCUT2D eigenvalue weighted by Crippen LogP contribution is 2.40. The van der Waals surface area contributed by atoms with Crippen LogP contribution in [0.15, 0.2) is 86.9 Å². The molecule has 0 saturated heterocycles. The molecule has 7 aromatic rings. The molecule has 1 heterocycles. The number of halogens is 1. The fourth-order valence-corrected chi connectivity index (χ4v) is 10.6. The van der Waals surface area contributed by atoms with Crippen LogP contribution >= 0.6 is 15.9 Å². The fraction of sp³-hybridized carbons (Fsp3) is 0. The summed E-state index contributed by atoms with van der Waals surface area (Å²) in [6.45, 7) is 0. The van der Waals surface area contributed by atoms with E-state index in [-0.39, 0.29) is 43.6 Å². The topological polar surface area (TPSA) is 257 Å². The minimum Gasteiger partial charge on any atom is -0.289 e. The Morgan fingerprint density at radius 2 is 0.894 bits per heavy atom. The summed E-state index contributed by atoms with van der Waals surface area (Å²) in [5.41, 5.74) is -4.34. The van der Waals surface area contributed by atoms with Crippen molar-refractivity contribution in [2.75, 3.05) is 0 Å². The summed E-state index contributed by atoms with van der Waals surface area (Å²) >= 11 is 2.65. The number of rotatable bonds is 3. The molecule has 0 radical (unpaired) electrons. The van der Waals surface area contributed by atoms with Gasteiger partial charge >= 0.3 is 0 Å². The molecule has 0 aliphatic heterocycles. The van der Waals surface area contributed by atoms with Gasteiger partial charge in [0.1, 0.15) is 25.7 Å². The van der Waals surface area contributed by atoms with Crippen LogP contribution in [0, 0.1) is 0 Å². The average molecular weight is 760 g/mol. The van der Waals surface area contributed by atoms with Crippen LogP contribution in [-0.2, 0) is 30.4 Å². The monoisotopic (exact) mass is 758 g/mol.